The summed E-state index contributed by atoms with van der Waals surface area (Å²) in [6.07, 6.45) is 3.23. The lowest BCUT2D eigenvalue weighted by Crippen LogP contribution is -2.24. The van der Waals surface area contributed by atoms with Crippen molar-refractivity contribution in [3.63, 3.8) is 0 Å². The van der Waals surface area contributed by atoms with Crippen molar-refractivity contribution in [2.24, 2.45) is 5.92 Å². The van der Waals surface area contributed by atoms with Crippen molar-refractivity contribution in [3.05, 3.63) is 102 Å². The van der Waals surface area contributed by atoms with Crippen LogP contribution in [0.3, 0.4) is 0 Å². The standard InChI is InChI=1S/C30H30F2N4O3/c1-20-28(36(24-6-4-3-5-7-24)34-29(20)21-10-12-33-13-11-21)18-25(37)16-23-19-35(14-15-38-2)39-30(23)22-8-9-26(31)27(32)17-22/h3-13,17,23,30H,14-16,18-19H2,1-2H3/t23-,30+/m1/s1. The highest BCUT2D eigenvalue weighted by molar-refractivity contribution is 5.82. The number of hydrogen-bond acceptors (Lipinski definition) is 6. The van der Waals surface area contributed by atoms with E-state index in [1.807, 2.05) is 54.1 Å². The minimum atomic E-state index is -0.942. The molecule has 1 saturated heterocycles. The zero-order valence-corrected chi connectivity index (χ0v) is 21.9. The fraction of sp³-hybridized carbons (Fsp3) is 0.300. The van der Waals surface area contributed by atoms with Gasteiger partial charge < -0.3 is 4.74 Å². The van der Waals surface area contributed by atoms with E-state index in [2.05, 4.69) is 4.98 Å². The van der Waals surface area contributed by atoms with Crippen molar-refractivity contribution < 1.29 is 23.1 Å². The molecule has 0 bridgehead atoms. The number of rotatable bonds is 10. The molecule has 0 N–H and O–H groups in total. The molecule has 9 heteroatoms. The van der Waals surface area contributed by atoms with Crippen molar-refractivity contribution in [1.29, 1.82) is 0 Å². The molecule has 5 rings (SSSR count). The Morgan fingerprint density at radius 3 is 2.56 bits per heavy atom. The minimum absolute atomic E-state index is 0.00577. The molecule has 2 aromatic carbocycles. The van der Waals surface area contributed by atoms with Gasteiger partial charge in [-0.05, 0) is 54.4 Å². The first-order valence-corrected chi connectivity index (χ1v) is 12.9. The predicted octanol–water partition coefficient (Wildman–Crippen LogP) is 5.27. The molecular formula is C30H30F2N4O3. The van der Waals surface area contributed by atoms with Crippen LogP contribution in [0.2, 0.25) is 0 Å². The van der Waals surface area contributed by atoms with E-state index in [9.17, 15) is 13.6 Å². The third-order valence-corrected chi connectivity index (χ3v) is 7.00. The maximum atomic E-state index is 14.1. The minimum Gasteiger partial charge on any atom is -0.383 e. The van der Waals surface area contributed by atoms with Gasteiger partial charge in [0.05, 0.1) is 23.7 Å². The Bertz CT molecular complexity index is 1430. The number of halogens is 2. The summed E-state index contributed by atoms with van der Waals surface area (Å²) in [7, 11) is 1.60. The molecule has 7 nitrogen and oxygen atoms in total. The van der Waals surface area contributed by atoms with Crippen LogP contribution in [0.25, 0.3) is 16.9 Å². The molecule has 0 radical (unpaired) electrons. The third kappa shape index (κ3) is 5.95. The van der Waals surface area contributed by atoms with Gasteiger partial charge in [-0.15, -0.1) is 0 Å². The lowest BCUT2D eigenvalue weighted by molar-refractivity contribution is -0.155. The van der Waals surface area contributed by atoms with Gasteiger partial charge in [0.2, 0.25) is 0 Å². The molecule has 0 saturated carbocycles. The van der Waals surface area contributed by atoms with E-state index in [4.69, 9.17) is 14.7 Å². The lowest BCUT2D eigenvalue weighted by atomic mass is 9.90. The molecule has 2 aromatic heterocycles. The maximum absolute atomic E-state index is 14.1. The zero-order chi connectivity index (χ0) is 27.4. The zero-order valence-electron chi connectivity index (χ0n) is 21.9. The van der Waals surface area contributed by atoms with Crippen molar-refractivity contribution in [1.82, 2.24) is 19.8 Å². The average molecular weight is 533 g/mol. The van der Waals surface area contributed by atoms with Crippen LogP contribution < -0.4 is 0 Å². The molecule has 1 aliphatic rings. The molecule has 0 amide bonds. The first-order valence-electron chi connectivity index (χ1n) is 12.9. The van der Waals surface area contributed by atoms with Crippen LogP contribution in [0, 0.1) is 24.5 Å². The Balaban J connectivity index is 1.42. The fourth-order valence-electron chi connectivity index (χ4n) is 5.03. The van der Waals surface area contributed by atoms with Gasteiger partial charge in [0, 0.05) is 56.9 Å². The molecular weight excluding hydrogens is 502 g/mol. The fourth-order valence-corrected chi connectivity index (χ4v) is 5.03. The van der Waals surface area contributed by atoms with E-state index in [0.717, 1.165) is 40.3 Å². The maximum Gasteiger partial charge on any atom is 0.159 e. The Kier molecular flexibility index (Phi) is 8.21. The van der Waals surface area contributed by atoms with Gasteiger partial charge >= 0.3 is 0 Å². The van der Waals surface area contributed by atoms with Gasteiger partial charge in [-0.2, -0.15) is 10.2 Å². The quantitative estimate of drug-likeness (QED) is 0.277. The normalized spacial score (nSPS) is 17.5. The molecule has 2 atom stereocenters. The lowest BCUT2D eigenvalue weighted by Gasteiger charge is -2.18. The molecule has 39 heavy (non-hydrogen) atoms. The molecule has 1 aliphatic heterocycles. The largest absolute Gasteiger partial charge is 0.383 e. The first-order chi connectivity index (χ1) is 18.9. The topological polar surface area (TPSA) is 69.5 Å². The summed E-state index contributed by atoms with van der Waals surface area (Å²) < 4.78 is 34.7. The molecule has 1 fully saturated rings. The number of carbonyl (C=O) groups is 1. The van der Waals surface area contributed by atoms with Crippen LogP contribution in [0.4, 0.5) is 8.78 Å². The van der Waals surface area contributed by atoms with Crippen LogP contribution in [-0.4, -0.2) is 52.4 Å². The van der Waals surface area contributed by atoms with Crippen molar-refractivity contribution in [2.45, 2.75) is 25.9 Å². The number of aromatic nitrogens is 3. The second-order valence-electron chi connectivity index (χ2n) is 9.66. The number of ether oxygens (including phenoxy) is 1. The number of pyridine rings is 1. The summed E-state index contributed by atoms with van der Waals surface area (Å²) in [5.74, 6) is -2.10. The summed E-state index contributed by atoms with van der Waals surface area (Å²) >= 11 is 0. The SMILES string of the molecule is COCCN1C[C@@H](CC(=O)Cc2c(C)c(-c3ccncc3)nn2-c2ccccc2)[C@H](c2ccc(F)c(F)c2)O1. The Labute approximate surface area is 226 Å². The number of hydroxylamine groups is 2. The van der Waals surface area contributed by atoms with E-state index in [1.54, 1.807) is 24.6 Å². The van der Waals surface area contributed by atoms with E-state index < -0.39 is 17.7 Å². The van der Waals surface area contributed by atoms with Gasteiger partial charge in [0.25, 0.3) is 0 Å². The molecule has 0 aliphatic carbocycles. The number of Topliss-reactive ketones (excluding diaryl/α,β-unsaturated/α-hetero) is 1. The predicted molar refractivity (Wildman–Crippen MR) is 142 cm³/mol. The van der Waals surface area contributed by atoms with Gasteiger partial charge in [0.1, 0.15) is 11.9 Å². The average Bonchev–Trinajstić information content (AvgIpc) is 3.50. The highest BCUT2D eigenvalue weighted by Crippen LogP contribution is 2.37. The van der Waals surface area contributed by atoms with Gasteiger partial charge in [0.15, 0.2) is 11.6 Å². The smallest absolute Gasteiger partial charge is 0.159 e. The molecule has 3 heterocycles. The van der Waals surface area contributed by atoms with Gasteiger partial charge in [-0.3, -0.25) is 14.6 Å². The van der Waals surface area contributed by atoms with E-state index in [1.165, 1.54) is 6.07 Å². The van der Waals surface area contributed by atoms with Gasteiger partial charge in [-0.25, -0.2) is 13.5 Å². The number of ketones is 1. The van der Waals surface area contributed by atoms with E-state index >= 15 is 0 Å². The molecule has 202 valence electrons. The molecule has 4 aromatic rings. The number of carbonyl (C=O) groups excluding carboxylic acids is 1. The van der Waals surface area contributed by atoms with Crippen molar-refractivity contribution in [2.75, 3.05) is 26.8 Å². The highest BCUT2D eigenvalue weighted by Gasteiger charge is 2.37. The second-order valence-corrected chi connectivity index (χ2v) is 9.66. The number of nitrogens with zero attached hydrogens (tertiary/aromatic N) is 4. The van der Waals surface area contributed by atoms with Crippen molar-refractivity contribution >= 4 is 5.78 Å². The molecule has 0 spiro atoms. The molecule has 0 unspecified atom stereocenters. The van der Waals surface area contributed by atoms with Crippen LogP contribution >= 0.6 is 0 Å². The summed E-state index contributed by atoms with van der Waals surface area (Å²) in [5, 5.41) is 6.60. The summed E-state index contributed by atoms with van der Waals surface area (Å²) in [6.45, 7) is 3.38. The number of benzene rings is 2. The summed E-state index contributed by atoms with van der Waals surface area (Å²) in [6, 6.07) is 17.2. The van der Waals surface area contributed by atoms with E-state index in [-0.39, 0.29) is 24.5 Å². The van der Waals surface area contributed by atoms with Crippen molar-refractivity contribution in [3.8, 4) is 16.9 Å². The van der Waals surface area contributed by atoms with Gasteiger partial charge in [-0.1, -0.05) is 24.3 Å². The Morgan fingerprint density at radius 1 is 1.08 bits per heavy atom. The summed E-state index contributed by atoms with van der Waals surface area (Å²) in [4.78, 5) is 23.8. The summed E-state index contributed by atoms with van der Waals surface area (Å²) in [5.41, 5.74) is 4.79. The number of para-hydroxylation sites is 1. The third-order valence-electron chi connectivity index (χ3n) is 7.00. The van der Waals surface area contributed by atoms with Crippen LogP contribution in [0.5, 0.6) is 0 Å². The Hall–Kier alpha value is -3.79. The first kappa shape index (κ1) is 26.8. The van der Waals surface area contributed by atoms with Crippen LogP contribution in [0.1, 0.15) is 29.3 Å². The Morgan fingerprint density at radius 2 is 1.85 bits per heavy atom. The highest BCUT2D eigenvalue weighted by atomic mass is 19.2. The van der Waals surface area contributed by atoms with Crippen LogP contribution in [0.15, 0.2) is 73.1 Å². The van der Waals surface area contributed by atoms with E-state index in [0.29, 0.717) is 25.3 Å². The second kappa shape index (κ2) is 11.9. The van der Waals surface area contributed by atoms with Crippen LogP contribution in [-0.2, 0) is 20.8 Å². The monoisotopic (exact) mass is 532 g/mol. The number of hydrogen-bond donors (Lipinski definition) is 0. The number of methoxy groups -OCH3 is 1.